The van der Waals surface area contributed by atoms with Crippen LogP contribution >= 0.6 is 0 Å². The van der Waals surface area contributed by atoms with Crippen molar-refractivity contribution in [1.82, 2.24) is 9.78 Å². The Morgan fingerprint density at radius 1 is 1.27 bits per heavy atom. The van der Waals surface area contributed by atoms with E-state index in [1.165, 1.54) is 0 Å². The third-order valence-corrected chi connectivity index (χ3v) is 2.58. The Labute approximate surface area is 89.5 Å². The molecule has 0 saturated heterocycles. The summed E-state index contributed by atoms with van der Waals surface area (Å²) in [5.41, 5.74) is 9.21. The van der Waals surface area contributed by atoms with Gasteiger partial charge in [0.05, 0.1) is 11.4 Å². The topological polar surface area (TPSA) is 43.8 Å². The van der Waals surface area contributed by atoms with Crippen LogP contribution in [0.25, 0.3) is 5.69 Å². The minimum atomic E-state index is 0.751. The standard InChI is InChI=1S/C12H15N3/c1-3-11-9(2)14-15(12(11)13)10-7-5-4-6-8-10/h4-8H,3,13H2,1-2H3. The molecule has 0 aliphatic carbocycles. The predicted molar refractivity (Wildman–Crippen MR) is 62.1 cm³/mol. The van der Waals surface area contributed by atoms with E-state index < -0.39 is 0 Å². The Kier molecular flexibility index (Phi) is 2.46. The molecule has 0 saturated carbocycles. The predicted octanol–water partition coefficient (Wildman–Crippen LogP) is 2.33. The molecule has 0 atom stereocenters. The van der Waals surface area contributed by atoms with E-state index in [0.717, 1.165) is 29.2 Å². The molecule has 1 aromatic carbocycles. The molecule has 2 rings (SSSR count). The van der Waals surface area contributed by atoms with Crippen LogP contribution in [0.15, 0.2) is 30.3 Å². The minimum Gasteiger partial charge on any atom is -0.383 e. The molecular weight excluding hydrogens is 186 g/mol. The van der Waals surface area contributed by atoms with Crippen LogP contribution in [0.1, 0.15) is 18.2 Å². The van der Waals surface area contributed by atoms with E-state index in [-0.39, 0.29) is 0 Å². The number of anilines is 1. The number of aromatic nitrogens is 2. The molecule has 1 heterocycles. The van der Waals surface area contributed by atoms with E-state index >= 15 is 0 Å². The molecule has 2 N–H and O–H groups in total. The van der Waals surface area contributed by atoms with Crippen LogP contribution in [0.4, 0.5) is 5.82 Å². The Bertz CT molecular complexity index is 457. The zero-order chi connectivity index (χ0) is 10.8. The zero-order valence-corrected chi connectivity index (χ0v) is 9.07. The summed E-state index contributed by atoms with van der Waals surface area (Å²) in [6, 6.07) is 9.95. The van der Waals surface area contributed by atoms with Crippen molar-refractivity contribution in [3.63, 3.8) is 0 Å². The van der Waals surface area contributed by atoms with Gasteiger partial charge in [0.15, 0.2) is 0 Å². The highest BCUT2D eigenvalue weighted by atomic mass is 15.3. The summed E-state index contributed by atoms with van der Waals surface area (Å²) in [5, 5.41) is 4.44. The largest absolute Gasteiger partial charge is 0.383 e. The first-order valence-corrected chi connectivity index (χ1v) is 5.13. The summed E-state index contributed by atoms with van der Waals surface area (Å²) in [6.07, 6.45) is 0.921. The number of nitrogens with zero attached hydrogens (tertiary/aromatic N) is 2. The normalized spacial score (nSPS) is 10.5. The molecule has 0 fully saturated rings. The number of nitrogen functional groups attached to an aromatic ring is 1. The van der Waals surface area contributed by atoms with Gasteiger partial charge in [0.2, 0.25) is 0 Å². The molecule has 0 radical (unpaired) electrons. The van der Waals surface area contributed by atoms with E-state index in [4.69, 9.17) is 5.73 Å². The second-order valence-electron chi connectivity index (χ2n) is 3.55. The van der Waals surface area contributed by atoms with Crippen molar-refractivity contribution in [2.45, 2.75) is 20.3 Å². The van der Waals surface area contributed by atoms with Crippen molar-refractivity contribution in [1.29, 1.82) is 0 Å². The highest BCUT2D eigenvalue weighted by Crippen LogP contribution is 2.20. The first kappa shape index (κ1) is 9.77. The summed E-state index contributed by atoms with van der Waals surface area (Å²) < 4.78 is 1.80. The summed E-state index contributed by atoms with van der Waals surface area (Å²) in [4.78, 5) is 0. The molecule has 3 heteroatoms. The van der Waals surface area contributed by atoms with E-state index in [1.54, 1.807) is 4.68 Å². The summed E-state index contributed by atoms with van der Waals surface area (Å²) in [5.74, 6) is 0.751. The van der Waals surface area contributed by atoms with Crippen molar-refractivity contribution >= 4 is 5.82 Å². The molecule has 0 aliphatic heterocycles. The second-order valence-corrected chi connectivity index (χ2v) is 3.55. The van der Waals surface area contributed by atoms with E-state index in [1.807, 2.05) is 37.3 Å². The van der Waals surface area contributed by atoms with Crippen molar-refractivity contribution in [2.24, 2.45) is 0 Å². The van der Waals surface area contributed by atoms with Gasteiger partial charge in [-0.05, 0) is 25.5 Å². The highest BCUT2D eigenvalue weighted by molar-refractivity contribution is 5.49. The van der Waals surface area contributed by atoms with Gasteiger partial charge in [0, 0.05) is 5.56 Å². The number of rotatable bonds is 2. The van der Waals surface area contributed by atoms with Crippen LogP contribution in [-0.2, 0) is 6.42 Å². The minimum absolute atomic E-state index is 0.751. The summed E-state index contributed by atoms with van der Waals surface area (Å²) in [7, 11) is 0. The summed E-state index contributed by atoms with van der Waals surface area (Å²) in [6.45, 7) is 4.09. The maximum absolute atomic E-state index is 6.05. The van der Waals surface area contributed by atoms with Crippen LogP contribution in [0.5, 0.6) is 0 Å². The molecule has 0 spiro atoms. The zero-order valence-electron chi connectivity index (χ0n) is 9.07. The average Bonchev–Trinajstić information content (AvgIpc) is 2.55. The fraction of sp³-hybridized carbons (Fsp3) is 0.250. The van der Waals surface area contributed by atoms with Crippen molar-refractivity contribution in [3.8, 4) is 5.69 Å². The van der Waals surface area contributed by atoms with E-state index in [2.05, 4.69) is 12.0 Å². The first-order chi connectivity index (χ1) is 7.24. The van der Waals surface area contributed by atoms with Crippen LogP contribution in [0.2, 0.25) is 0 Å². The lowest BCUT2D eigenvalue weighted by Gasteiger charge is -2.03. The average molecular weight is 201 g/mol. The second kappa shape index (κ2) is 3.77. The fourth-order valence-electron chi connectivity index (χ4n) is 1.78. The maximum atomic E-state index is 6.05. The number of para-hydroxylation sites is 1. The van der Waals surface area contributed by atoms with Gasteiger partial charge in [-0.25, -0.2) is 4.68 Å². The van der Waals surface area contributed by atoms with Gasteiger partial charge in [-0.3, -0.25) is 0 Å². The molecule has 15 heavy (non-hydrogen) atoms. The molecule has 1 aromatic heterocycles. The SMILES string of the molecule is CCc1c(C)nn(-c2ccccc2)c1N. The number of nitrogens with two attached hydrogens (primary N) is 1. The third-order valence-electron chi connectivity index (χ3n) is 2.58. The molecule has 2 aromatic rings. The fourth-order valence-corrected chi connectivity index (χ4v) is 1.78. The number of hydrogen-bond acceptors (Lipinski definition) is 2. The molecule has 0 bridgehead atoms. The van der Waals surface area contributed by atoms with Gasteiger partial charge in [-0.15, -0.1) is 0 Å². The molecule has 0 amide bonds. The van der Waals surface area contributed by atoms with Crippen LogP contribution in [-0.4, -0.2) is 9.78 Å². The smallest absolute Gasteiger partial charge is 0.130 e. The monoisotopic (exact) mass is 201 g/mol. The highest BCUT2D eigenvalue weighted by Gasteiger charge is 2.11. The number of benzene rings is 1. The van der Waals surface area contributed by atoms with E-state index in [0.29, 0.717) is 0 Å². The van der Waals surface area contributed by atoms with Crippen molar-refractivity contribution < 1.29 is 0 Å². The van der Waals surface area contributed by atoms with Crippen LogP contribution in [0, 0.1) is 6.92 Å². The molecule has 0 aliphatic rings. The van der Waals surface area contributed by atoms with E-state index in [9.17, 15) is 0 Å². The Balaban J connectivity index is 2.55. The van der Waals surface area contributed by atoms with Gasteiger partial charge >= 0.3 is 0 Å². The van der Waals surface area contributed by atoms with Gasteiger partial charge in [-0.2, -0.15) is 5.10 Å². The lowest BCUT2D eigenvalue weighted by Crippen LogP contribution is -2.02. The van der Waals surface area contributed by atoms with Crippen LogP contribution < -0.4 is 5.73 Å². The molecular formula is C12H15N3. The van der Waals surface area contributed by atoms with Crippen molar-refractivity contribution in [2.75, 3.05) is 5.73 Å². The Hall–Kier alpha value is -1.77. The lowest BCUT2D eigenvalue weighted by atomic mass is 10.2. The molecule has 0 unspecified atom stereocenters. The van der Waals surface area contributed by atoms with Gasteiger partial charge < -0.3 is 5.73 Å². The maximum Gasteiger partial charge on any atom is 0.130 e. The Morgan fingerprint density at radius 3 is 2.47 bits per heavy atom. The van der Waals surface area contributed by atoms with Gasteiger partial charge in [-0.1, -0.05) is 25.1 Å². The molecule has 3 nitrogen and oxygen atoms in total. The molecule has 78 valence electrons. The lowest BCUT2D eigenvalue weighted by molar-refractivity contribution is 0.872. The van der Waals surface area contributed by atoms with Crippen LogP contribution in [0.3, 0.4) is 0 Å². The Morgan fingerprint density at radius 2 is 1.93 bits per heavy atom. The number of aryl methyl sites for hydroxylation is 1. The van der Waals surface area contributed by atoms with Gasteiger partial charge in [0.1, 0.15) is 5.82 Å². The third kappa shape index (κ3) is 1.61. The summed E-state index contributed by atoms with van der Waals surface area (Å²) >= 11 is 0. The quantitative estimate of drug-likeness (QED) is 0.810. The van der Waals surface area contributed by atoms with Crippen molar-refractivity contribution in [3.05, 3.63) is 41.6 Å². The number of hydrogen-bond donors (Lipinski definition) is 1. The van der Waals surface area contributed by atoms with Gasteiger partial charge in [0.25, 0.3) is 0 Å². The first-order valence-electron chi connectivity index (χ1n) is 5.13.